The predicted octanol–water partition coefficient (Wildman–Crippen LogP) is 1.55. The zero-order valence-electron chi connectivity index (χ0n) is 15.9. The lowest BCUT2D eigenvalue weighted by molar-refractivity contribution is -0.133. The van der Waals surface area contributed by atoms with Crippen LogP contribution in [-0.2, 0) is 19.4 Å². The molecule has 0 aromatic heterocycles. The third-order valence-corrected chi connectivity index (χ3v) is 6.78. The smallest absolute Gasteiger partial charge is 0.238 e. The Kier molecular flexibility index (Phi) is 7.25. The van der Waals surface area contributed by atoms with Gasteiger partial charge >= 0.3 is 0 Å². The maximum atomic E-state index is 12.5. The van der Waals surface area contributed by atoms with Crippen LogP contribution < -0.4 is 5.32 Å². The van der Waals surface area contributed by atoms with E-state index in [0.29, 0.717) is 23.7 Å². The fraction of sp³-hybridized carbons (Fsp3) is 0.556. The molecule has 150 valence electrons. The average molecular weight is 416 g/mol. The SMILES string of the molecule is CCN(CC(=O)Nc1cc(Cl)ccc1C)CC(=O)N(C)[C@@H]1CCS(=O)(=O)C1. The number of carbonyl (C=O) groups excluding carboxylic acids is 2. The fourth-order valence-electron chi connectivity index (χ4n) is 2.99. The van der Waals surface area contributed by atoms with Gasteiger partial charge in [0.1, 0.15) is 0 Å². The minimum absolute atomic E-state index is 0.00982. The fourth-order valence-corrected chi connectivity index (χ4v) is 4.93. The second-order valence-corrected chi connectivity index (χ2v) is 9.54. The van der Waals surface area contributed by atoms with Crippen molar-refractivity contribution in [3.05, 3.63) is 28.8 Å². The van der Waals surface area contributed by atoms with Crippen molar-refractivity contribution in [3.63, 3.8) is 0 Å². The lowest BCUT2D eigenvalue weighted by Crippen LogP contribution is -2.45. The average Bonchev–Trinajstić information content (AvgIpc) is 2.96. The molecule has 7 nitrogen and oxygen atoms in total. The second-order valence-electron chi connectivity index (χ2n) is 6.87. The zero-order chi connectivity index (χ0) is 20.2. The van der Waals surface area contributed by atoms with Gasteiger partial charge in [-0.25, -0.2) is 8.42 Å². The first-order chi connectivity index (χ1) is 12.6. The number of likely N-dealkylation sites (N-methyl/N-ethyl adjacent to an activating group) is 2. The molecule has 0 spiro atoms. The molecule has 1 fully saturated rings. The van der Waals surface area contributed by atoms with E-state index in [1.165, 1.54) is 4.90 Å². The maximum absolute atomic E-state index is 12.5. The van der Waals surface area contributed by atoms with Gasteiger partial charge in [0.25, 0.3) is 0 Å². The van der Waals surface area contributed by atoms with E-state index < -0.39 is 9.84 Å². The lowest BCUT2D eigenvalue weighted by Gasteiger charge is -2.27. The maximum Gasteiger partial charge on any atom is 0.238 e. The minimum atomic E-state index is -3.05. The highest BCUT2D eigenvalue weighted by atomic mass is 35.5. The Labute approximate surface area is 165 Å². The number of carbonyl (C=O) groups is 2. The summed E-state index contributed by atoms with van der Waals surface area (Å²) in [5.74, 6) is -0.295. The van der Waals surface area contributed by atoms with E-state index in [1.807, 2.05) is 19.9 Å². The molecule has 0 aliphatic carbocycles. The van der Waals surface area contributed by atoms with E-state index >= 15 is 0 Å². The van der Waals surface area contributed by atoms with Gasteiger partial charge in [0, 0.05) is 23.8 Å². The van der Waals surface area contributed by atoms with Crippen molar-refractivity contribution < 1.29 is 18.0 Å². The third-order valence-electron chi connectivity index (χ3n) is 4.80. The molecule has 0 unspecified atom stereocenters. The molecule has 27 heavy (non-hydrogen) atoms. The normalized spacial score (nSPS) is 18.5. The van der Waals surface area contributed by atoms with Crippen LogP contribution in [0.4, 0.5) is 5.69 Å². The first-order valence-corrected chi connectivity index (χ1v) is 11.1. The van der Waals surface area contributed by atoms with Crippen LogP contribution in [0.5, 0.6) is 0 Å². The summed E-state index contributed by atoms with van der Waals surface area (Å²) in [6, 6.07) is 4.97. The van der Waals surface area contributed by atoms with Gasteiger partial charge in [-0.05, 0) is 37.6 Å². The Morgan fingerprint density at radius 1 is 1.30 bits per heavy atom. The molecular formula is C18H26ClN3O4S. The molecule has 1 aromatic carbocycles. The van der Waals surface area contributed by atoms with Gasteiger partial charge in [-0.1, -0.05) is 24.6 Å². The molecule has 0 bridgehead atoms. The molecule has 1 aromatic rings. The Hall–Kier alpha value is -1.64. The quantitative estimate of drug-likeness (QED) is 0.730. The number of halogens is 1. The number of sulfone groups is 1. The molecule has 0 radical (unpaired) electrons. The standard InChI is InChI=1S/C18H26ClN3O4S/c1-4-22(10-17(23)20-16-9-14(19)6-5-13(16)2)11-18(24)21(3)15-7-8-27(25,26)12-15/h5-6,9,15H,4,7-8,10-12H2,1-3H3,(H,20,23)/t15-/m1/s1. The first kappa shape index (κ1) is 21.7. The van der Waals surface area contributed by atoms with E-state index in [1.54, 1.807) is 24.1 Å². The van der Waals surface area contributed by atoms with Crippen molar-refractivity contribution in [1.29, 1.82) is 0 Å². The van der Waals surface area contributed by atoms with E-state index in [9.17, 15) is 18.0 Å². The summed E-state index contributed by atoms with van der Waals surface area (Å²) in [4.78, 5) is 28.0. The highest BCUT2D eigenvalue weighted by Gasteiger charge is 2.33. The Bertz CT molecular complexity index is 813. The third kappa shape index (κ3) is 6.19. The Morgan fingerprint density at radius 2 is 2.00 bits per heavy atom. The van der Waals surface area contributed by atoms with E-state index in [-0.39, 0.29) is 42.5 Å². The molecule has 0 saturated carbocycles. The monoisotopic (exact) mass is 415 g/mol. The van der Waals surface area contributed by atoms with Crippen LogP contribution in [0.25, 0.3) is 0 Å². The van der Waals surface area contributed by atoms with Gasteiger partial charge < -0.3 is 10.2 Å². The first-order valence-electron chi connectivity index (χ1n) is 8.85. The molecular weight excluding hydrogens is 390 g/mol. The number of nitrogens with zero attached hydrogens (tertiary/aromatic N) is 2. The number of hydrogen-bond donors (Lipinski definition) is 1. The van der Waals surface area contributed by atoms with Gasteiger partial charge in [-0.2, -0.15) is 0 Å². The largest absolute Gasteiger partial charge is 0.341 e. The lowest BCUT2D eigenvalue weighted by atomic mass is 10.2. The molecule has 9 heteroatoms. The molecule has 1 N–H and O–H groups in total. The Balaban J connectivity index is 1.91. The van der Waals surface area contributed by atoms with Crippen LogP contribution >= 0.6 is 11.6 Å². The van der Waals surface area contributed by atoms with Crippen molar-refractivity contribution in [2.45, 2.75) is 26.3 Å². The molecule has 1 heterocycles. The number of rotatable bonds is 7. The Morgan fingerprint density at radius 3 is 2.59 bits per heavy atom. The number of nitrogens with one attached hydrogen (secondary N) is 1. The van der Waals surface area contributed by atoms with Crippen molar-refractivity contribution in [3.8, 4) is 0 Å². The van der Waals surface area contributed by atoms with Gasteiger partial charge in [-0.15, -0.1) is 0 Å². The summed E-state index contributed by atoms with van der Waals surface area (Å²) < 4.78 is 23.2. The number of hydrogen-bond acceptors (Lipinski definition) is 5. The van der Waals surface area contributed by atoms with Crippen molar-refractivity contribution in [1.82, 2.24) is 9.80 Å². The highest BCUT2D eigenvalue weighted by molar-refractivity contribution is 7.91. The summed E-state index contributed by atoms with van der Waals surface area (Å²) in [5, 5.41) is 3.35. The van der Waals surface area contributed by atoms with Crippen LogP contribution in [0.1, 0.15) is 18.9 Å². The van der Waals surface area contributed by atoms with Crippen LogP contribution in [-0.4, -0.2) is 74.3 Å². The number of amides is 2. The summed E-state index contributed by atoms with van der Waals surface area (Å²) in [7, 11) is -1.43. The van der Waals surface area contributed by atoms with Gasteiger partial charge in [0.2, 0.25) is 11.8 Å². The van der Waals surface area contributed by atoms with Crippen LogP contribution in [0.2, 0.25) is 5.02 Å². The second kappa shape index (κ2) is 9.03. The predicted molar refractivity (Wildman–Crippen MR) is 107 cm³/mol. The number of anilines is 1. The number of aryl methyl sites for hydroxylation is 1. The molecule has 1 atom stereocenters. The zero-order valence-corrected chi connectivity index (χ0v) is 17.4. The van der Waals surface area contributed by atoms with Crippen LogP contribution in [0, 0.1) is 6.92 Å². The molecule has 1 saturated heterocycles. The van der Waals surface area contributed by atoms with Crippen molar-refractivity contribution in [2.75, 3.05) is 43.5 Å². The van der Waals surface area contributed by atoms with Gasteiger partial charge in [0.05, 0.1) is 24.6 Å². The minimum Gasteiger partial charge on any atom is -0.341 e. The van der Waals surface area contributed by atoms with Crippen molar-refractivity contribution >= 4 is 38.9 Å². The van der Waals surface area contributed by atoms with E-state index in [4.69, 9.17) is 11.6 Å². The summed E-state index contributed by atoms with van der Waals surface area (Å²) in [6.07, 6.45) is 0.464. The van der Waals surface area contributed by atoms with Gasteiger partial charge in [0.15, 0.2) is 9.84 Å². The summed E-state index contributed by atoms with van der Waals surface area (Å²) in [5.41, 5.74) is 1.54. The van der Waals surface area contributed by atoms with Crippen LogP contribution in [0.3, 0.4) is 0 Å². The topological polar surface area (TPSA) is 86.8 Å². The molecule has 2 amide bonds. The van der Waals surface area contributed by atoms with Crippen molar-refractivity contribution in [2.24, 2.45) is 0 Å². The highest BCUT2D eigenvalue weighted by Crippen LogP contribution is 2.20. The van der Waals surface area contributed by atoms with E-state index in [0.717, 1.165) is 5.56 Å². The molecule has 1 aliphatic rings. The molecule has 1 aliphatic heterocycles. The summed E-state index contributed by atoms with van der Waals surface area (Å²) >= 11 is 5.96. The van der Waals surface area contributed by atoms with Gasteiger partial charge in [-0.3, -0.25) is 14.5 Å². The number of benzene rings is 1. The molecule has 2 rings (SSSR count). The van der Waals surface area contributed by atoms with Crippen LogP contribution in [0.15, 0.2) is 18.2 Å². The summed E-state index contributed by atoms with van der Waals surface area (Å²) in [6.45, 7) is 4.38. The van der Waals surface area contributed by atoms with E-state index in [2.05, 4.69) is 5.32 Å².